The summed E-state index contributed by atoms with van der Waals surface area (Å²) in [6, 6.07) is 9.78. The number of aromatic hydroxyl groups is 1. The van der Waals surface area contributed by atoms with E-state index < -0.39 is 0 Å². The van der Waals surface area contributed by atoms with Gasteiger partial charge in [-0.05, 0) is 49.6 Å². The first-order chi connectivity index (χ1) is 8.02. The van der Waals surface area contributed by atoms with Crippen LogP contribution in [0.15, 0.2) is 30.3 Å². The fourth-order valence-corrected chi connectivity index (χ4v) is 2.09. The summed E-state index contributed by atoms with van der Waals surface area (Å²) in [4.78, 5) is 0. The van der Waals surface area contributed by atoms with Crippen LogP contribution in [0.25, 0.3) is 11.1 Å². The second kappa shape index (κ2) is 4.42. The first-order valence-corrected chi connectivity index (χ1v) is 5.95. The van der Waals surface area contributed by atoms with Crippen LogP contribution in [0.3, 0.4) is 0 Å². The predicted molar refractivity (Wildman–Crippen MR) is 72.8 cm³/mol. The van der Waals surface area contributed by atoms with Crippen molar-refractivity contribution in [3.63, 3.8) is 0 Å². The lowest BCUT2D eigenvalue weighted by atomic mass is 9.95. The van der Waals surface area contributed by atoms with Crippen molar-refractivity contribution >= 4 is 11.6 Å². The molecule has 0 aromatic heterocycles. The Bertz CT molecular complexity index is 573. The van der Waals surface area contributed by atoms with E-state index in [2.05, 4.69) is 19.9 Å². The van der Waals surface area contributed by atoms with E-state index in [-0.39, 0.29) is 5.75 Å². The zero-order chi connectivity index (χ0) is 12.6. The standard InChI is InChI=1S/C15H15ClO/c1-9-5-4-6-12(10(9)2)13-7-8-14(16)11(3)15(13)17/h4-8,17H,1-3H3. The highest BCUT2D eigenvalue weighted by Crippen LogP contribution is 2.37. The third-order valence-corrected chi connectivity index (χ3v) is 3.67. The van der Waals surface area contributed by atoms with Crippen LogP contribution in [0, 0.1) is 20.8 Å². The molecule has 0 aliphatic rings. The van der Waals surface area contributed by atoms with Crippen LogP contribution in [0.2, 0.25) is 5.02 Å². The molecule has 0 bridgehead atoms. The van der Waals surface area contributed by atoms with E-state index in [1.54, 1.807) is 0 Å². The fourth-order valence-electron chi connectivity index (χ4n) is 1.94. The van der Waals surface area contributed by atoms with Gasteiger partial charge in [0.25, 0.3) is 0 Å². The molecule has 0 radical (unpaired) electrons. The molecule has 0 fully saturated rings. The van der Waals surface area contributed by atoms with Crippen molar-refractivity contribution in [2.45, 2.75) is 20.8 Å². The molecule has 0 amide bonds. The van der Waals surface area contributed by atoms with Crippen molar-refractivity contribution < 1.29 is 5.11 Å². The number of halogens is 1. The molecule has 0 unspecified atom stereocenters. The van der Waals surface area contributed by atoms with Crippen molar-refractivity contribution in [1.82, 2.24) is 0 Å². The van der Waals surface area contributed by atoms with Gasteiger partial charge in [-0.1, -0.05) is 29.8 Å². The lowest BCUT2D eigenvalue weighted by Gasteiger charge is -2.12. The van der Waals surface area contributed by atoms with E-state index in [1.165, 1.54) is 11.1 Å². The van der Waals surface area contributed by atoms with Gasteiger partial charge in [-0.15, -0.1) is 0 Å². The number of aryl methyl sites for hydroxylation is 1. The minimum absolute atomic E-state index is 0.270. The largest absolute Gasteiger partial charge is 0.507 e. The maximum atomic E-state index is 10.2. The minimum Gasteiger partial charge on any atom is -0.507 e. The Hall–Kier alpha value is -1.47. The van der Waals surface area contributed by atoms with E-state index in [0.717, 1.165) is 16.7 Å². The molecule has 0 aliphatic heterocycles. The molecule has 0 saturated carbocycles. The summed E-state index contributed by atoms with van der Waals surface area (Å²) in [6.07, 6.45) is 0. The molecule has 0 aliphatic carbocycles. The van der Waals surface area contributed by atoms with Crippen molar-refractivity contribution in [2.75, 3.05) is 0 Å². The van der Waals surface area contributed by atoms with E-state index in [9.17, 15) is 5.11 Å². The van der Waals surface area contributed by atoms with Gasteiger partial charge in [0.15, 0.2) is 0 Å². The first-order valence-electron chi connectivity index (χ1n) is 5.57. The fraction of sp³-hybridized carbons (Fsp3) is 0.200. The quantitative estimate of drug-likeness (QED) is 0.777. The molecule has 0 atom stereocenters. The number of phenols is 1. The SMILES string of the molecule is Cc1cccc(-c2ccc(Cl)c(C)c2O)c1C. The van der Waals surface area contributed by atoms with Crippen molar-refractivity contribution in [3.05, 3.63) is 52.0 Å². The first kappa shape index (κ1) is 12.0. The van der Waals surface area contributed by atoms with Gasteiger partial charge < -0.3 is 5.11 Å². The maximum absolute atomic E-state index is 10.2. The van der Waals surface area contributed by atoms with Gasteiger partial charge in [0.05, 0.1) is 0 Å². The molecular weight excluding hydrogens is 232 g/mol. The molecule has 2 heteroatoms. The molecule has 2 aromatic carbocycles. The Kier molecular flexibility index (Phi) is 3.12. The highest BCUT2D eigenvalue weighted by atomic mass is 35.5. The minimum atomic E-state index is 0.270. The number of hydrogen-bond donors (Lipinski definition) is 1. The van der Waals surface area contributed by atoms with Crippen LogP contribution in [-0.2, 0) is 0 Å². The predicted octanol–water partition coefficient (Wildman–Crippen LogP) is 4.64. The Morgan fingerprint density at radius 2 is 1.59 bits per heavy atom. The molecule has 2 rings (SSSR count). The van der Waals surface area contributed by atoms with Gasteiger partial charge >= 0.3 is 0 Å². The van der Waals surface area contributed by atoms with E-state index >= 15 is 0 Å². The number of benzene rings is 2. The van der Waals surface area contributed by atoms with Gasteiger partial charge in [0.1, 0.15) is 5.75 Å². The van der Waals surface area contributed by atoms with Crippen molar-refractivity contribution in [1.29, 1.82) is 0 Å². The van der Waals surface area contributed by atoms with Gasteiger partial charge in [0, 0.05) is 16.1 Å². The normalized spacial score (nSPS) is 10.6. The van der Waals surface area contributed by atoms with Crippen molar-refractivity contribution in [3.8, 4) is 16.9 Å². The van der Waals surface area contributed by atoms with E-state index in [0.29, 0.717) is 5.02 Å². The van der Waals surface area contributed by atoms with Gasteiger partial charge in [-0.3, -0.25) is 0 Å². The molecule has 0 heterocycles. The lowest BCUT2D eigenvalue weighted by molar-refractivity contribution is 0.473. The van der Waals surface area contributed by atoms with Gasteiger partial charge in [-0.25, -0.2) is 0 Å². The Balaban J connectivity index is 2.69. The second-order valence-electron chi connectivity index (χ2n) is 4.32. The summed E-state index contributed by atoms with van der Waals surface area (Å²) >= 11 is 5.98. The molecule has 1 nitrogen and oxygen atoms in total. The van der Waals surface area contributed by atoms with Crippen LogP contribution in [0.4, 0.5) is 0 Å². The number of phenolic OH excluding ortho intramolecular Hbond substituents is 1. The monoisotopic (exact) mass is 246 g/mol. The average Bonchev–Trinajstić information content (AvgIpc) is 2.31. The van der Waals surface area contributed by atoms with Crippen LogP contribution in [-0.4, -0.2) is 5.11 Å². The zero-order valence-electron chi connectivity index (χ0n) is 10.2. The summed E-state index contributed by atoms with van der Waals surface area (Å²) in [7, 11) is 0. The molecule has 88 valence electrons. The molecular formula is C15H15ClO. The summed E-state index contributed by atoms with van der Waals surface area (Å²) in [5.41, 5.74) is 5.03. The molecule has 2 aromatic rings. The third kappa shape index (κ3) is 2.03. The maximum Gasteiger partial charge on any atom is 0.127 e. The smallest absolute Gasteiger partial charge is 0.127 e. The van der Waals surface area contributed by atoms with Crippen LogP contribution in [0.1, 0.15) is 16.7 Å². The van der Waals surface area contributed by atoms with Gasteiger partial charge in [-0.2, -0.15) is 0 Å². The number of hydrogen-bond acceptors (Lipinski definition) is 1. The Morgan fingerprint density at radius 1 is 0.882 bits per heavy atom. The highest BCUT2D eigenvalue weighted by Gasteiger charge is 2.11. The number of rotatable bonds is 1. The van der Waals surface area contributed by atoms with Crippen LogP contribution >= 0.6 is 11.6 Å². The summed E-state index contributed by atoms with van der Waals surface area (Å²) < 4.78 is 0. The van der Waals surface area contributed by atoms with Crippen LogP contribution < -0.4 is 0 Å². The van der Waals surface area contributed by atoms with E-state index in [1.807, 2.05) is 31.2 Å². The summed E-state index contributed by atoms with van der Waals surface area (Å²) in [6.45, 7) is 5.96. The molecule has 0 saturated heterocycles. The second-order valence-corrected chi connectivity index (χ2v) is 4.72. The zero-order valence-corrected chi connectivity index (χ0v) is 11.0. The van der Waals surface area contributed by atoms with E-state index in [4.69, 9.17) is 11.6 Å². The Labute approximate surface area is 107 Å². The topological polar surface area (TPSA) is 20.2 Å². The third-order valence-electron chi connectivity index (χ3n) is 3.26. The Morgan fingerprint density at radius 3 is 2.29 bits per heavy atom. The van der Waals surface area contributed by atoms with Gasteiger partial charge in [0.2, 0.25) is 0 Å². The summed E-state index contributed by atoms with van der Waals surface area (Å²) in [5.74, 6) is 0.270. The van der Waals surface area contributed by atoms with Crippen molar-refractivity contribution in [2.24, 2.45) is 0 Å². The van der Waals surface area contributed by atoms with Crippen LogP contribution in [0.5, 0.6) is 5.75 Å². The molecule has 0 spiro atoms. The molecule has 1 N–H and O–H groups in total. The molecule has 17 heavy (non-hydrogen) atoms. The average molecular weight is 247 g/mol. The lowest BCUT2D eigenvalue weighted by Crippen LogP contribution is -1.89. The summed E-state index contributed by atoms with van der Waals surface area (Å²) in [5, 5.41) is 10.8. The highest BCUT2D eigenvalue weighted by molar-refractivity contribution is 6.31.